The molecule has 0 aliphatic rings. The highest BCUT2D eigenvalue weighted by atomic mass is 31.1. The molecule has 4 heteroatoms. The molecule has 0 bridgehead atoms. The second-order valence-electron chi connectivity index (χ2n) is 7.81. The van der Waals surface area contributed by atoms with Gasteiger partial charge in [0.2, 0.25) is 0 Å². The average molecular weight is 406 g/mol. The standard InChI is InChI=1S/C24H28NOPSi/c1-25-17-20-13-8-9-14-21(20)27-22-15-10-16-23(28(2,3)4)24(22)26-18-19-11-6-5-7-12-19/h5-17,27H,18H2,1-4H3. The molecule has 3 aromatic rings. The van der Waals surface area contributed by atoms with Gasteiger partial charge in [-0.15, -0.1) is 0 Å². The Morgan fingerprint density at radius 1 is 0.857 bits per heavy atom. The fraction of sp³-hybridized carbons (Fsp3) is 0.208. The molecule has 0 N–H and O–H groups in total. The van der Waals surface area contributed by atoms with E-state index >= 15 is 0 Å². The van der Waals surface area contributed by atoms with E-state index in [9.17, 15) is 0 Å². The lowest BCUT2D eigenvalue weighted by atomic mass is 10.2. The van der Waals surface area contributed by atoms with E-state index in [1.165, 1.54) is 26.9 Å². The summed E-state index contributed by atoms with van der Waals surface area (Å²) in [6, 6.07) is 25.5. The maximum absolute atomic E-state index is 6.46. The molecular formula is C24H28NOPSi. The van der Waals surface area contributed by atoms with E-state index in [1.54, 1.807) is 0 Å². The van der Waals surface area contributed by atoms with E-state index in [2.05, 4.69) is 91.4 Å². The number of rotatable bonds is 7. The number of hydrogen-bond acceptors (Lipinski definition) is 2. The number of benzene rings is 3. The van der Waals surface area contributed by atoms with Crippen LogP contribution in [0.25, 0.3) is 0 Å². The zero-order chi connectivity index (χ0) is 20.0. The topological polar surface area (TPSA) is 21.6 Å². The monoisotopic (exact) mass is 405 g/mol. The van der Waals surface area contributed by atoms with Gasteiger partial charge in [0.25, 0.3) is 0 Å². The van der Waals surface area contributed by atoms with Crippen molar-refractivity contribution >= 4 is 38.7 Å². The first kappa shape index (κ1) is 20.5. The van der Waals surface area contributed by atoms with Gasteiger partial charge in [0, 0.05) is 18.6 Å². The lowest BCUT2D eigenvalue weighted by molar-refractivity contribution is 0.311. The van der Waals surface area contributed by atoms with Crippen molar-refractivity contribution in [2.45, 2.75) is 26.2 Å². The van der Waals surface area contributed by atoms with Crippen LogP contribution < -0.4 is 20.5 Å². The van der Waals surface area contributed by atoms with Gasteiger partial charge >= 0.3 is 0 Å². The smallest absolute Gasteiger partial charge is 0.126 e. The third kappa shape index (κ3) is 5.18. The number of para-hydroxylation sites is 1. The molecule has 1 unspecified atom stereocenters. The fourth-order valence-electron chi connectivity index (χ4n) is 3.12. The van der Waals surface area contributed by atoms with Crippen LogP contribution in [0.3, 0.4) is 0 Å². The summed E-state index contributed by atoms with van der Waals surface area (Å²) in [7, 11) is 0.812. The highest BCUT2D eigenvalue weighted by molar-refractivity contribution is 7.56. The average Bonchev–Trinajstić information content (AvgIpc) is 2.68. The molecule has 28 heavy (non-hydrogen) atoms. The maximum atomic E-state index is 6.46. The van der Waals surface area contributed by atoms with Crippen LogP contribution in [-0.4, -0.2) is 21.3 Å². The largest absolute Gasteiger partial charge is 0.488 e. The number of nitrogens with zero attached hydrogens (tertiary/aromatic N) is 1. The zero-order valence-corrected chi connectivity index (χ0v) is 19.1. The first-order valence-corrected chi connectivity index (χ1v) is 14.1. The van der Waals surface area contributed by atoms with Crippen LogP contribution >= 0.6 is 8.58 Å². The molecule has 0 fully saturated rings. The van der Waals surface area contributed by atoms with Crippen molar-refractivity contribution in [3.8, 4) is 5.75 Å². The molecular weight excluding hydrogens is 377 g/mol. The summed E-state index contributed by atoms with van der Waals surface area (Å²) < 4.78 is 6.46. The van der Waals surface area contributed by atoms with E-state index in [0.717, 1.165) is 5.75 Å². The Morgan fingerprint density at radius 3 is 2.25 bits per heavy atom. The molecule has 0 heterocycles. The Bertz CT molecular complexity index is 948. The third-order valence-corrected chi connectivity index (χ3v) is 7.94. The molecule has 0 aromatic heterocycles. The molecule has 0 saturated heterocycles. The van der Waals surface area contributed by atoms with Gasteiger partial charge in [0.15, 0.2) is 0 Å². The van der Waals surface area contributed by atoms with E-state index in [0.29, 0.717) is 15.2 Å². The Kier molecular flexibility index (Phi) is 6.82. The van der Waals surface area contributed by atoms with Crippen LogP contribution in [0.4, 0.5) is 0 Å². The lowest BCUT2D eigenvalue weighted by Gasteiger charge is -2.24. The van der Waals surface area contributed by atoms with Crippen LogP contribution in [0.2, 0.25) is 19.6 Å². The molecule has 3 aromatic carbocycles. The molecule has 1 atom stereocenters. The first-order chi connectivity index (χ1) is 13.5. The Labute approximate surface area is 171 Å². The highest BCUT2D eigenvalue weighted by Crippen LogP contribution is 2.23. The number of ether oxygens (including phenoxy) is 1. The van der Waals surface area contributed by atoms with Gasteiger partial charge in [-0.05, 0) is 21.6 Å². The molecule has 0 spiro atoms. The van der Waals surface area contributed by atoms with Crippen LogP contribution in [0, 0.1) is 0 Å². The number of hydrogen-bond donors (Lipinski definition) is 0. The minimum atomic E-state index is -1.54. The maximum Gasteiger partial charge on any atom is 0.126 e. The van der Waals surface area contributed by atoms with Gasteiger partial charge in [-0.25, -0.2) is 0 Å². The van der Waals surface area contributed by atoms with Crippen molar-refractivity contribution in [2.75, 3.05) is 7.05 Å². The van der Waals surface area contributed by atoms with E-state index in [1.807, 2.05) is 19.3 Å². The summed E-state index contributed by atoms with van der Waals surface area (Å²) in [5, 5.41) is 3.95. The number of aliphatic imine (C=N–C) groups is 1. The second kappa shape index (κ2) is 9.32. The summed E-state index contributed by atoms with van der Waals surface area (Å²) in [6.07, 6.45) is 1.94. The van der Waals surface area contributed by atoms with Gasteiger partial charge in [0.05, 0.1) is 8.07 Å². The van der Waals surface area contributed by atoms with Gasteiger partial charge < -0.3 is 4.74 Å². The summed E-state index contributed by atoms with van der Waals surface area (Å²) in [4.78, 5) is 4.22. The molecule has 0 radical (unpaired) electrons. The van der Waals surface area contributed by atoms with Crippen molar-refractivity contribution in [1.82, 2.24) is 0 Å². The molecule has 2 nitrogen and oxygen atoms in total. The second-order valence-corrected chi connectivity index (χ2v) is 14.2. The molecule has 0 aliphatic heterocycles. The van der Waals surface area contributed by atoms with Gasteiger partial charge in [-0.1, -0.05) is 101 Å². The third-order valence-electron chi connectivity index (χ3n) is 4.55. The Morgan fingerprint density at radius 2 is 1.54 bits per heavy atom. The predicted octanol–water partition coefficient (Wildman–Crippen LogP) is 4.49. The zero-order valence-electron chi connectivity index (χ0n) is 17.1. The van der Waals surface area contributed by atoms with Crippen molar-refractivity contribution in [2.24, 2.45) is 4.99 Å². The molecule has 3 rings (SSSR count). The quantitative estimate of drug-likeness (QED) is 0.322. The summed E-state index contributed by atoms with van der Waals surface area (Å²) >= 11 is 0. The van der Waals surface area contributed by atoms with Crippen molar-refractivity contribution in [1.29, 1.82) is 0 Å². The van der Waals surface area contributed by atoms with Crippen LogP contribution in [0.1, 0.15) is 11.1 Å². The van der Waals surface area contributed by atoms with Gasteiger partial charge in [-0.3, -0.25) is 4.99 Å². The van der Waals surface area contributed by atoms with Crippen LogP contribution in [-0.2, 0) is 6.61 Å². The minimum Gasteiger partial charge on any atom is -0.488 e. The first-order valence-electron chi connectivity index (χ1n) is 9.57. The fourth-order valence-corrected chi connectivity index (χ4v) is 5.99. The minimum absolute atomic E-state index is 0.533. The Hall–Kier alpha value is -2.22. The van der Waals surface area contributed by atoms with Crippen LogP contribution in [0.5, 0.6) is 5.75 Å². The highest BCUT2D eigenvalue weighted by Gasteiger charge is 2.23. The molecule has 0 amide bonds. The summed E-state index contributed by atoms with van der Waals surface area (Å²) in [5.74, 6) is 1.08. The molecule has 144 valence electrons. The summed E-state index contributed by atoms with van der Waals surface area (Å²) in [6.45, 7) is 7.73. The van der Waals surface area contributed by atoms with Crippen molar-refractivity contribution in [3.05, 3.63) is 83.9 Å². The van der Waals surface area contributed by atoms with Crippen molar-refractivity contribution in [3.63, 3.8) is 0 Å². The van der Waals surface area contributed by atoms with Crippen molar-refractivity contribution < 1.29 is 4.74 Å². The van der Waals surface area contributed by atoms with E-state index < -0.39 is 8.07 Å². The van der Waals surface area contributed by atoms with E-state index in [-0.39, 0.29) is 0 Å². The van der Waals surface area contributed by atoms with Gasteiger partial charge in [0.1, 0.15) is 12.4 Å². The lowest BCUT2D eigenvalue weighted by Crippen LogP contribution is -2.40. The van der Waals surface area contributed by atoms with E-state index in [4.69, 9.17) is 4.74 Å². The Balaban J connectivity index is 1.98. The predicted molar refractivity (Wildman–Crippen MR) is 128 cm³/mol. The normalized spacial score (nSPS) is 12.1. The summed E-state index contributed by atoms with van der Waals surface area (Å²) in [5.41, 5.74) is 2.37. The molecule has 0 aliphatic carbocycles. The SMILES string of the molecule is CN=Cc1ccccc1Pc1cccc([Si](C)(C)C)c1OCc1ccccc1. The molecule has 0 saturated carbocycles. The van der Waals surface area contributed by atoms with Crippen LogP contribution in [0.15, 0.2) is 77.8 Å². The van der Waals surface area contributed by atoms with Gasteiger partial charge in [-0.2, -0.15) is 0 Å².